The minimum absolute atomic E-state index is 0. The first-order chi connectivity index (χ1) is 6.38. The van der Waals surface area contributed by atoms with Crippen molar-refractivity contribution < 1.29 is 4.79 Å². The Hall–Kier alpha value is -0.100. The number of carbonyl (C=O) groups is 1. The van der Waals surface area contributed by atoms with Crippen molar-refractivity contribution in [2.24, 2.45) is 5.73 Å². The summed E-state index contributed by atoms with van der Waals surface area (Å²) >= 11 is 4.80. The summed E-state index contributed by atoms with van der Waals surface area (Å²) in [4.78, 5) is 11.5. The number of amides is 1. The number of nitrogens with one attached hydrogen (secondary N) is 1. The highest BCUT2D eigenvalue weighted by Crippen LogP contribution is 2.20. The number of hydrogen-bond donors (Lipinski definition) is 2. The van der Waals surface area contributed by atoms with E-state index in [1.165, 1.54) is 11.3 Å². The highest BCUT2D eigenvalue weighted by Gasteiger charge is 2.13. The van der Waals surface area contributed by atoms with E-state index in [9.17, 15) is 4.79 Å². The Morgan fingerprint density at radius 1 is 1.67 bits per heavy atom. The van der Waals surface area contributed by atoms with Crippen molar-refractivity contribution in [1.82, 2.24) is 5.32 Å². The average Bonchev–Trinajstić information content (AvgIpc) is 2.46. The minimum Gasteiger partial charge on any atom is -0.350 e. The van der Waals surface area contributed by atoms with Crippen molar-refractivity contribution in [2.75, 3.05) is 6.54 Å². The molecule has 6 heteroatoms. The SMILES string of the molecule is CC(C)(N)CNC(=O)c1csc(Br)c1.Cl. The summed E-state index contributed by atoms with van der Waals surface area (Å²) < 4.78 is 0.953. The van der Waals surface area contributed by atoms with Gasteiger partial charge in [0.05, 0.1) is 9.35 Å². The van der Waals surface area contributed by atoms with E-state index in [4.69, 9.17) is 5.73 Å². The molecule has 3 nitrogen and oxygen atoms in total. The normalized spacial score (nSPS) is 10.7. The van der Waals surface area contributed by atoms with E-state index >= 15 is 0 Å². The second-order valence-electron chi connectivity index (χ2n) is 3.81. The molecule has 0 bridgehead atoms. The van der Waals surface area contributed by atoms with Gasteiger partial charge in [-0.05, 0) is 35.8 Å². The molecule has 15 heavy (non-hydrogen) atoms. The summed E-state index contributed by atoms with van der Waals surface area (Å²) in [6, 6.07) is 1.80. The van der Waals surface area contributed by atoms with Crippen LogP contribution in [0.3, 0.4) is 0 Å². The van der Waals surface area contributed by atoms with Crippen LogP contribution in [0.1, 0.15) is 24.2 Å². The summed E-state index contributed by atoms with van der Waals surface area (Å²) in [7, 11) is 0. The third-order valence-corrected chi connectivity index (χ3v) is 3.04. The Morgan fingerprint density at radius 3 is 2.67 bits per heavy atom. The zero-order chi connectivity index (χ0) is 10.8. The summed E-state index contributed by atoms with van der Waals surface area (Å²) in [5.74, 6) is -0.0783. The number of halogens is 2. The molecule has 0 saturated heterocycles. The summed E-state index contributed by atoms with van der Waals surface area (Å²) in [6.45, 7) is 4.22. The molecule has 0 aliphatic heterocycles. The Balaban J connectivity index is 0.00000196. The van der Waals surface area contributed by atoms with Crippen LogP contribution in [0.25, 0.3) is 0 Å². The smallest absolute Gasteiger partial charge is 0.252 e. The molecule has 0 aliphatic rings. The Labute approximate surface area is 108 Å². The predicted molar refractivity (Wildman–Crippen MR) is 69.9 cm³/mol. The molecule has 0 saturated carbocycles. The molecular formula is C9H14BrClN2OS. The van der Waals surface area contributed by atoms with Crippen LogP contribution < -0.4 is 11.1 Å². The van der Waals surface area contributed by atoms with Crippen LogP contribution in [0.15, 0.2) is 15.2 Å². The molecule has 1 amide bonds. The fraction of sp³-hybridized carbons (Fsp3) is 0.444. The first-order valence-corrected chi connectivity index (χ1v) is 5.87. The zero-order valence-electron chi connectivity index (χ0n) is 8.54. The van der Waals surface area contributed by atoms with E-state index in [0.29, 0.717) is 12.1 Å². The quantitative estimate of drug-likeness (QED) is 0.900. The third kappa shape index (κ3) is 5.51. The fourth-order valence-electron chi connectivity index (χ4n) is 0.839. The molecule has 1 heterocycles. The molecule has 1 rings (SSSR count). The van der Waals surface area contributed by atoms with E-state index in [2.05, 4.69) is 21.2 Å². The molecule has 3 N–H and O–H groups in total. The maximum absolute atomic E-state index is 11.5. The lowest BCUT2D eigenvalue weighted by Crippen LogP contribution is -2.45. The van der Waals surface area contributed by atoms with Gasteiger partial charge in [0, 0.05) is 17.5 Å². The van der Waals surface area contributed by atoms with E-state index in [-0.39, 0.29) is 23.9 Å². The first kappa shape index (κ1) is 14.9. The topological polar surface area (TPSA) is 55.1 Å². The van der Waals surface area contributed by atoms with Crippen molar-refractivity contribution in [3.8, 4) is 0 Å². The molecule has 0 fully saturated rings. The van der Waals surface area contributed by atoms with Gasteiger partial charge in [-0.25, -0.2) is 0 Å². The zero-order valence-corrected chi connectivity index (χ0v) is 11.8. The van der Waals surface area contributed by atoms with Gasteiger partial charge in [-0.3, -0.25) is 4.79 Å². The third-order valence-electron chi connectivity index (χ3n) is 1.53. The van der Waals surface area contributed by atoms with Gasteiger partial charge in [0.15, 0.2) is 0 Å². The molecule has 0 aliphatic carbocycles. The lowest BCUT2D eigenvalue weighted by Gasteiger charge is -2.18. The first-order valence-electron chi connectivity index (χ1n) is 4.19. The predicted octanol–water partition coefficient (Wildman–Crippen LogP) is 2.40. The second kappa shape index (κ2) is 5.84. The second-order valence-corrected chi connectivity index (χ2v) is 6.10. The largest absolute Gasteiger partial charge is 0.350 e. The summed E-state index contributed by atoms with van der Waals surface area (Å²) in [5.41, 5.74) is 6.05. The maximum Gasteiger partial charge on any atom is 0.252 e. The molecular weight excluding hydrogens is 300 g/mol. The van der Waals surface area contributed by atoms with E-state index in [1.54, 1.807) is 6.07 Å². The van der Waals surface area contributed by atoms with E-state index in [0.717, 1.165) is 3.79 Å². The highest BCUT2D eigenvalue weighted by molar-refractivity contribution is 9.11. The lowest BCUT2D eigenvalue weighted by molar-refractivity contribution is 0.0946. The van der Waals surface area contributed by atoms with Gasteiger partial charge in [-0.2, -0.15) is 0 Å². The average molecular weight is 314 g/mol. The van der Waals surface area contributed by atoms with Crippen LogP contribution in [0.5, 0.6) is 0 Å². The lowest BCUT2D eigenvalue weighted by atomic mass is 10.1. The number of rotatable bonds is 3. The van der Waals surface area contributed by atoms with Crippen LogP contribution in [0.4, 0.5) is 0 Å². The maximum atomic E-state index is 11.5. The standard InChI is InChI=1S/C9H13BrN2OS.ClH/c1-9(2,11)5-12-8(13)6-3-7(10)14-4-6;/h3-4H,5,11H2,1-2H3,(H,12,13);1H. The molecule has 0 unspecified atom stereocenters. The van der Waals surface area contributed by atoms with Crippen molar-refractivity contribution in [1.29, 1.82) is 0 Å². The van der Waals surface area contributed by atoms with E-state index < -0.39 is 0 Å². The van der Waals surface area contributed by atoms with Gasteiger partial charge in [-0.1, -0.05) is 0 Å². The van der Waals surface area contributed by atoms with Crippen LogP contribution in [0.2, 0.25) is 0 Å². The molecule has 0 spiro atoms. The Bertz CT molecular complexity index is 335. The van der Waals surface area contributed by atoms with Gasteiger partial charge in [0.25, 0.3) is 5.91 Å². The van der Waals surface area contributed by atoms with Gasteiger partial charge < -0.3 is 11.1 Å². The number of hydrogen-bond acceptors (Lipinski definition) is 3. The molecule has 0 atom stereocenters. The van der Waals surface area contributed by atoms with Crippen LogP contribution in [0, 0.1) is 0 Å². The van der Waals surface area contributed by atoms with Gasteiger partial charge in [0.2, 0.25) is 0 Å². The number of carbonyl (C=O) groups excluding carboxylic acids is 1. The number of thiophene rings is 1. The van der Waals surface area contributed by atoms with Crippen LogP contribution in [-0.4, -0.2) is 18.0 Å². The molecule has 0 radical (unpaired) electrons. The Morgan fingerprint density at radius 2 is 2.27 bits per heavy atom. The van der Waals surface area contributed by atoms with Crippen molar-refractivity contribution >= 4 is 45.6 Å². The molecule has 0 aromatic carbocycles. The van der Waals surface area contributed by atoms with Gasteiger partial charge in [0.1, 0.15) is 0 Å². The number of nitrogens with two attached hydrogens (primary N) is 1. The molecule has 1 aromatic rings. The van der Waals surface area contributed by atoms with Crippen molar-refractivity contribution in [2.45, 2.75) is 19.4 Å². The van der Waals surface area contributed by atoms with Crippen LogP contribution >= 0.6 is 39.7 Å². The fourth-order valence-corrected chi connectivity index (χ4v) is 1.98. The summed E-state index contributed by atoms with van der Waals surface area (Å²) in [6.07, 6.45) is 0. The Kier molecular flexibility index (Phi) is 5.80. The van der Waals surface area contributed by atoms with Crippen molar-refractivity contribution in [3.05, 3.63) is 20.8 Å². The van der Waals surface area contributed by atoms with Crippen molar-refractivity contribution in [3.63, 3.8) is 0 Å². The molecule has 1 aromatic heterocycles. The monoisotopic (exact) mass is 312 g/mol. The van der Waals surface area contributed by atoms with Gasteiger partial charge >= 0.3 is 0 Å². The van der Waals surface area contributed by atoms with Crippen LogP contribution in [-0.2, 0) is 0 Å². The van der Waals surface area contributed by atoms with E-state index in [1.807, 2.05) is 19.2 Å². The summed E-state index contributed by atoms with van der Waals surface area (Å²) in [5, 5.41) is 4.58. The minimum atomic E-state index is -0.372. The molecule has 86 valence electrons. The van der Waals surface area contributed by atoms with Gasteiger partial charge in [-0.15, -0.1) is 23.7 Å². The highest BCUT2D eigenvalue weighted by atomic mass is 79.9.